The topological polar surface area (TPSA) is 9.72 Å². The Labute approximate surface area is 153 Å². The van der Waals surface area contributed by atoms with Crippen LogP contribution in [-0.2, 0) is 12.8 Å². The quantitative estimate of drug-likeness (QED) is 0.835. The van der Waals surface area contributed by atoms with Crippen molar-refractivity contribution in [2.45, 2.75) is 38.1 Å². The van der Waals surface area contributed by atoms with Crippen LogP contribution in [0, 0.1) is 17.8 Å². The molecule has 136 valence electrons. The number of aryl methyl sites for hydroxylation is 2. The van der Waals surface area contributed by atoms with E-state index in [1.54, 1.807) is 11.1 Å². The number of fused-ring (bicyclic) bond motifs is 2. The predicted octanol–water partition coefficient (Wildman–Crippen LogP) is 2.88. The van der Waals surface area contributed by atoms with E-state index >= 15 is 0 Å². The van der Waals surface area contributed by atoms with Crippen LogP contribution in [0.25, 0.3) is 0 Å². The van der Waals surface area contributed by atoms with Gasteiger partial charge in [0.15, 0.2) is 0 Å². The van der Waals surface area contributed by atoms with Crippen molar-refractivity contribution in [1.29, 1.82) is 0 Å². The van der Waals surface area contributed by atoms with E-state index in [9.17, 15) is 0 Å². The largest absolute Gasteiger partial charge is 0.371 e. The molecule has 1 saturated carbocycles. The third kappa shape index (κ3) is 3.00. The van der Waals surface area contributed by atoms with E-state index < -0.39 is 0 Å². The molecule has 2 heterocycles. The Kier molecular flexibility index (Phi) is 4.05. The zero-order chi connectivity index (χ0) is 17.0. The molecule has 3 nitrogen and oxygen atoms in total. The first kappa shape index (κ1) is 16.1. The first-order valence-corrected chi connectivity index (χ1v) is 10.4. The van der Waals surface area contributed by atoms with E-state index in [2.05, 4.69) is 47.0 Å². The Morgan fingerprint density at radius 2 is 1.72 bits per heavy atom. The number of benzene rings is 1. The van der Waals surface area contributed by atoms with Crippen LogP contribution in [0.3, 0.4) is 0 Å². The lowest BCUT2D eigenvalue weighted by atomic mass is 10.0. The fourth-order valence-electron chi connectivity index (χ4n) is 5.92. The molecule has 1 aromatic carbocycles. The second-order valence-corrected chi connectivity index (χ2v) is 9.23. The molecule has 1 aromatic rings. The van der Waals surface area contributed by atoms with Crippen LogP contribution < -0.4 is 4.90 Å². The Hall–Kier alpha value is -1.06. The average molecular weight is 340 g/mol. The molecule has 0 bridgehead atoms. The average Bonchev–Trinajstić information content (AvgIpc) is 3.02. The summed E-state index contributed by atoms with van der Waals surface area (Å²) in [5.41, 5.74) is 4.70. The van der Waals surface area contributed by atoms with Gasteiger partial charge in [-0.15, -0.1) is 0 Å². The zero-order valence-corrected chi connectivity index (χ0v) is 16.0. The highest BCUT2D eigenvalue weighted by Crippen LogP contribution is 2.52. The summed E-state index contributed by atoms with van der Waals surface area (Å²) in [6.07, 6.45) is 6.66. The smallest absolute Gasteiger partial charge is 0.0369 e. The summed E-state index contributed by atoms with van der Waals surface area (Å²) in [5, 5.41) is 0. The predicted molar refractivity (Wildman–Crippen MR) is 104 cm³/mol. The van der Waals surface area contributed by atoms with Crippen LogP contribution in [0.5, 0.6) is 0 Å². The fraction of sp³-hybridized carbons (Fsp3) is 0.727. The molecule has 0 amide bonds. The maximum Gasteiger partial charge on any atom is 0.0369 e. The van der Waals surface area contributed by atoms with Crippen molar-refractivity contribution in [2.75, 3.05) is 51.7 Å². The van der Waals surface area contributed by atoms with Crippen LogP contribution in [0.15, 0.2) is 18.2 Å². The fourth-order valence-corrected chi connectivity index (χ4v) is 5.92. The molecule has 3 heteroatoms. The van der Waals surface area contributed by atoms with Gasteiger partial charge in [0.25, 0.3) is 0 Å². The van der Waals surface area contributed by atoms with Crippen molar-refractivity contribution in [3.8, 4) is 0 Å². The maximum absolute atomic E-state index is 2.83. The van der Waals surface area contributed by atoms with E-state index in [1.807, 2.05) is 0 Å². The first-order valence-electron chi connectivity index (χ1n) is 10.4. The molecule has 5 rings (SSSR count). The minimum Gasteiger partial charge on any atom is -0.371 e. The van der Waals surface area contributed by atoms with Gasteiger partial charge >= 0.3 is 0 Å². The molecule has 2 aliphatic carbocycles. The van der Waals surface area contributed by atoms with Crippen LogP contribution in [0.2, 0.25) is 0 Å². The Bertz CT molecular complexity index is 620. The van der Waals surface area contributed by atoms with Crippen molar-refractivity contribution in [1.82, 2.24) is 9.80 Å². The first-order chi connectivity index (χ1) is 12.2. The summed E-state index contributed by atoms with van der Waals surface area (Å²) in [7, 11) is 4.45. The Morgan fingerprint density at radius 3 is 2.44 bits per heavy atom. The van der Waals surface area contributed by atoms with E-state index in [0.717, 1.165) is 23.8 Å². The highest BCUT2D eigenvalue weighted by molar-refractivity contribution is 5.52. The SMILES string of the molecule is CN(C)CC1[C@H]2CN(C3CCN(c4ccc5c(c4)CCC5)CC3)C[C@@H]12. The summed E-state index contributed by atoms with van der Waals surface area (Å²) in [4.78, 5) is 7.85. The lowest BCUT2D eigenvalue weighted by Crippen LogP contribution is -2.45. The third-order valence-electron chi connectivity index (χ3n) is 7.40. The van der Waals surface area contributed by atoms with Crippen LogP contribution >= 0.6 is 0 Å². The number of likely N-dealkylation sites (tertiary alicyclic amines) is 1. The normalized spacial score (nSPS) is 32.3. The molecule has 0 radical (unpaired) electrons. The maximum atomic E-state index is 2.83. The van der Waals surface area contributed by atoms with Crippen LogP contribution in [-0.4, -0.2) is 62.7 Å². The zero-order valence-electron chi connectivity index (χ0n) is 16.0. The molecular formula is C22H33N3. The van der Waals surface area contributed by atoms with Crippen LogP contribution in [0.4, 0.5) is 5.69 Å². The lowest BCUT2D eigenvalue weighted by molar-refractivity contribution is 0.173. The number of hydrogen-bond acceptors (Lipinski definition) is 3. The van der Waals surface area contributed by atoms with Crippen molar-refractivity contribution in [3.63, 3.8) is 0 Å². The van der Waals surface area contributed by atoms with Gasteiger partial charge in [0.05, 0.1) is 0 Å². The van der Waals surface area contributed by atoms with Gasteiger partial charge < -0.3 is 9.80 Å². The van der Waals surface area contributed by atoms with Crippen molar-refractivity contribution in [3.05, 3.63) is 29.3 Å². The number of hydrogen-bond donors (Lipinski definition) is 0. The molecular weight excluding hydrogens is 306 g/mol. The minimum absolute atomic E-state index is 0.846. The molecule has 2 aliphatic heterocycles. The van der Waals surface area contributed by atoms with Gasteiger partial charge in [0.2, 0.25) is 0 Å². The van der Waals surface area contributed by atoms with Gasteiger partial charge in [-0.25, -0.2) is 0 Å². The number of piperidine rings is 2. The van der Waals surface area contributed by atoms with Crippen molar-refractivity contribution < 1.29 is 0 Å². The molecule has 4 aliphatic rings. The molecule has 3 atom stereocenters. The van der Waals surface area contributed by atoms with Gasteiger partial charge in [-0.1, -0.05) is 6.07 Å². The Morgan fingerprint density at radius 1 is 1.00 bits per heavy atom. The number of anilines is 1. The van der Waals surface area contributed by atoms with Gasteiger partial charge in [-0.05, 0) is 87.2 Å². The minimum atomic E-state index is 0.846. The number of rotatable bonds is 4. The summed E-state index contributed by atoms with van der Waals surface area (Å²) in [6, 6.07) is 8.10. The second-order valence-electron chi connectivity index (χ2n) is 9.23. The highest BCUT2D eigenvalue weighted by Gasteiger charge is 2.56. The summed E-state index contributed by atoms with van der Waals surface area (Å²) >= 11 is 0. The lowest BCUT2D eigenvalue weighted by Gasteiger charge is -2.39. The van der Waals surface area contributed by atoms with E-state index in [1.165, 1.54) is 70.5 Å². The number of nitrogens with zero attached hydrogens (tertiary/aromatic N) is 3. The van der Waals surface area contributed by atoms with Crippen molar-refractivity contribution in [2.24, 2.45) is 17.8 Å². The van der Waals surface area contributed by atoms with Crippen molar-refractivity contribution >= 4 is 5.69 Å². The summed E-state index contributed by atoms with van der Waals surface area (Å²) in [6.45, 7) is 6.56. The summed E-state index contributed by atoms with van der Waals surface area (Å²) < 4.78 is 0. The van der Waals surface area contributed by atoms with Gasteiger partial charge in [0, 0.05) is 44.5 Å². The molecule has 0 aromatic heterocycles. The van der Waals surface area contributed by atoms with E-state index in [-0.39, 0.29) is 0 Å². The molecule has 25 heavy (non-hydrogen) atoms. The van der Waals surface area contributed by atoms with Gasteiger partial charge in [-0.3, -0.25) is 4.90 Å². The molecule has 0 spiro atoms. The molecule has 0 N–H and O–H groups in total. The summed E-state index contributed by atoms with van der Waals surface area (Å²) in [5.74, 6) is 3.02. The van der Waals surface area contributed by atoms with Gasteiger partial charge in [-0.2, -0.15) is 0 Å². The standard InChI is InChI=1S/C22H33N3/c1-23(2)13-20-21-14-25(15-22(20)21)18-8-10-24(11-9-18)19-7-6-16-4-3-5-17(16)12-19/h6-7,12,18,20-22H,3-5,8-11,13-15H2,1-2H3/t20?,21-,22+. The third-order valence-corrected chi connectivity index (χ3v) is 7.40. The Balaban J connectivity index is 1.14. The highest BCUT2D eigenvalue weighted by atomic mass is 15.2. The van der Waals surface area contributed by atoms with E-state index in [0.29, 0.717) is 0 Å². The van der Waals surface area contributed by atoms with Crippen LogP contribution in [0.1, 0.15) is 30.4 Å². The van der Waals surface area contributed by atoms with Gasteiger partial charge in [0.1, 0.15) is 0 Å². The van der Waals surface area contributed by atoms with E-state index in [4.69, 9.17) is 0 Å². The molecule has 1 unspecified atom stereocenters. The molecule has 2 saturated heterocycles. The molecule has 3 fully saturated rings. The monoisotopic (exact) mass is 339 g/mol. The second kappa shape index (κ2) is 6.28.